The molecule has 1 amide bonds. The number of hydrogen-bond donors (Lipinski definition) is 1. The van der Waals surface area contributed by atoms with Crippen molar-refractivity contribution in [3.63, 3.8) is 0 Å². The number of carbonyl (C=O) groups excluding carboxylic acids is 1. The van der Waals surface area contributed by atoms with Gasteiger partial charge in [0.1, 0.15) is 0 Å². The van der Waals surface area contributed by atoms with Gasteiger partial charge in [0.05, 0.1) is 6.04 Å². The summed E-state index contributed by atoms with van der Waals surface area (Å²) in [4.78, 5) is 17.0. The molecule has 2 fully saturated rings. The first-order valence-electron chi connectivity index (χ1n) is 8.70. The Morgan fingerprint density at radius 1 is 1.08 bits per heavy atom. The van der Waals surface area contributed by atoms with Gasteiger partial charge in [-0.1, -0.05) is 42.6 Å². The number of hydrogen-bond acceptors (Lipinski definition) is 2. The highest BCUT2D eigenvalue weighted by Crippen LogP contribution is 2.55. The predicted octanol–water partition coefficient (Wildman–Crippen LogP) is 4.38. The third-order valence-electron chi connectivity index (χ3n) is 5.47. The van der Waals surface area contributed by atoms with Crippen LogP contribution in [-0.4, -0.2) is 10.9 Å². The van der Waals surface area contributed by atoms with E-state index in [-0.39, 0.29) is 17.9 Å². The molecule has 1 aromatic carbocycles. The monoisotopic (exact) mass is 340 g/mol. The molecule has 0 aliphatic heterocycles. The molecule has 2 aliphatic carbocycles. The fourth-order valence-electron chi connectivity index (χ4n) is 4.18. The quantitative estimate of drug-likeness (QED) is 0.897. The number of fused-ring (bicyclic) bond motifs is 1. The van der Waals surface area contributed by atoms with Gasteiger partial charge in [-0.05, 0) is 54.0 Å². The summed E-state index contributed by atoms with van der Waals surface area (Å²) in [5.74, 6) is 1.62. The van der Waals surface area contributed by atoms with Crippen LogP contribution in [0.1, 0.15) is 42.9 Å². The van der Waals surface area contributed by atoms with E-state index in [4.69, 9.17) is 11.6 Å². The van der Waals surface area contributed by atoms with Gasteiger partial charge in [-0.3, -0.25) is 9.78 Å². The number of pyridine rings is 1. The van der Waals surface area contributed by atoms with Crippen LogP contribution < -0.4 is 5.32 Å². The van der Waals surface area contributed by atoms with Gasteiger partial charge in [0.25, 0.3) is 0 Å². The molecule has 3 nitrogen and oxygen atoms in total. The highest BCUT2D eigenvalue weighted by Gasteiger charge is 2.54. The van der Waals surface area contributed by atoms with E-state index in [9.17, 15) is 4.79 Å². The molecule has 4 heteroatoms. The van der Waals surface area contributed by atoms with Crippen molar-refractivity contribution in [2.75, 3.05) is 0 Å². The average molecular weight is 341 g/mol. The highest BCUT2D eigenvalue weighted by atomic mass is 35.5. The molecule has 0 spiro atoms. The minimum absolute atomic E-state index is 0.175. The Bertz CT molecular complexity index is 704. The second kappa shape index (κ2) is 6.56. The Morgan fingerprint density at radius 2 is 1.79 bits per heavy atom. The largest absolute Gasteiger partial charge is 0.345 e. The molecule has 1 N–H and O–H groups in total. The van der Waals surface area contributed by atoms with Crippen molar-refractivity contribution in [2.45, 2.75) is 31.7 Å². The number of carbonyl (C=O) groups is 1. The normalized spacial score (nSPS) is 26.3. The molecule has 24 heavy (non-hydrogen) atoms. The van der Waals surface area contributed by atoms with Crippen molar-refractivity contribution in [3.05, 3.63) is 64.9 Å². The van der Waals surface area contributed by atoms with E-state index in [0.717, 1.165) is 11.1 Å². The number of halogens is 1. The second-order valence-corrected chi connectivity index (χ2v) is 7.35. The molecule has 3 atom stereocenters. The molecule has 1 heterocycles. The molecule has 2 aromatic rings. The molecule has 2 saturated carbocycles. The van der Waals surface area contributed by atoms with E-state index in [1.807, 2.05) is 42.6 Å². The maximum Gasteiger partial charge on any atom is 0.224 e. The van der Waals surface area contributed by atoms with E-state index in [0.29, 0.717) is 16.9 Å². The maximum atomic E-state index is 12.8. The van der Waals surface area contributed by atoms with E-state index in [2.05, 4.69) is 10.3 Å². The highest BCUT2D eigenvalue weighted by molar-refractivity contribution is 6.30. The van der Waals surface area contributed by atoms with Gasteiger partial charge in [0, 0.05) is 23.3 Å². The molecule has 0 unspecified atom stereocenters. The van der Waals surface area contributed by atoms with Crippen molar-refractivity contribution in [2.24, 2.45) is 17.8 Å². The Kier molecular flexibility index (Phi) is 4.28. The Balaban J connectivity index is 1.56. The summed E-state index contributed by atoms with van der Waals surface area (Å²) in [6.07, 6.45) is 8.53. The molecule has 1 aromatic heterocycles. The molecule has 0 radical (unpaired) electrons. The van der Waals surface area contributed by atoms with E-state index < -0.39 is 0 Å². The maximum absolute atomic E-state index is 12.8. The number of amides is 1. The summed E-state index contributed by atoms with van der Waals surface area (Å²) < 4.78 is 0. The van der Waals surface area contributed by atoms with Crippen LogP contribution in [0.4, 0.5) is 0 Å². The summed E-state index contributed by atoms with van der Waals surface area (Å²) >= 11 is 6.01. The van der Waals surface area contributed by atoms with Crippen LogP contribution in [0, 0.1) is 17.8 Å². The van der Waals surface area contributed by atoms with Crippen molar-refractivity contribution in [1.82, 2.24) is 10.3 Å². The predicted molar refractivity (Wildman–Crippen MR) is 94.6 cm³/mol. The number of nitrogens with zero attached hydrogens (tertiary/aromatic N) is 1. The number of aromatic nitrogens is 1. The van der Waals surface area contributed by atoms with E-state index in [1.165, 1.54) is 25.7 Å². The van der Waals surface area contributed by atoms with Gasteiger partial charge in [-0.2, -0.15) is 0 Å². The smallest absolute Gasteiger partial charge is 0.224 e. The second-order valence-electron chi connectivity index (χ2n) is 6.92. The lowest BCUT2D eigenvalue weighted by atomic mass is 10.00. The fourth-order valence-corrected chi connectivity index (χ4v) is 4.31. The topological polar surface area (TPSA) is 42.0 Å². The third kappa shape index (κ3) is 3.05. The first-order chi connectivity index (χ1) is 11.7. The van der Waals surface area contributed by atoms with Gasteiger partial charge in [0.15, 0.2) is 0 Å². The van der Waals surface area contributed by atoms with Gasteiger partial charge in [0.2, 0.25) is 5.91 Å². The Hall–Kier alpha value is -1.87. The van der Waals surface area contributed by atoms with E-state index in [1.54, 1.807) is 6.20 Å². The Morgan fingerprint density at radius 3 is 2.42 bits per heavy atom. The lowest BCUT2D eigenvalue weighted by molar-refractivity contribution is -0.123. The standard InChI is InChI=1S/C20H21ClN2O/c21-15-9-7-13(8-10-15)19(14-4-3-11-22-12-14)23-20(24)18-16-5-1-2-6-17(16)18/h3-4,7-12,16-19H,1-2,5-6H2,(H,23,24)/t16-,17-,19+/m0/s1. The summed E-state index contributed by atoms with van der Waals surface area (Å²) in [7, 11) is 0. The zero-order chi connectivity index (χ0) is 16.5. The van der Waals surface area contributed by atoms with Crippen molar-refractivity contribution in [1.29, 1.82) is 0 Å². The summed E-state index contributed by atoms with van der Waals surface area (Å²) in [5.41, 5.74) is 2.03. The van der Waals surface area contributed by atoms with Crippen LogP contribution in [0.3, 0.4) is 0 Å². The molecular formula is C20H21ClN2O. The van der Waals surface area contributed by atoms with Crippen LogP contribution >= 0.6 is 11.6 Å². The van der Waals surface area contributed by atoms with Crippen LogP contribution in [0.25, 0.3) is 0 Å². The lowest BCUT2D eigenvalue weighted by Crippen LogP contribution is -2.31. The van der Waals surface area contributed by atoms with Crippen molar-refractivity contribution < 1.29 is 4.79 Å². The number of nitrogens with one attached hydrogen (secondary N) is 1. The van der Waals surface area contributed by atoms with Crippen molar-refractivity contribution in [3.8, 4) is 0 Å². The van der Waals surface area contributed by atoms with Crippen LogP contribution in [0.15, 0.2) is 48.8 Å². The summed E-state index contributed by atoms with van der Waals surface area (Å²) in [5, 5.41) is 3.96. The van der Waals surface area contributed by atoms with Gasteiger partial charge in [-0.25, -0.2) is 0 Å². The third-order valence-corrected chi connectivity index (χ3v) is 5.72. The van der Waals surface area contributed by atoms with Crippen LogP contribution in [0.2, 0.25) is 5.02 Å². The first-order valence-corrected chi connectivity index (χ1v) is 9.07. The molecular weight excluding hydrogens is 320 g/mol. The van der Waals surface area contributed by atoms with Gasteiger partial charge >= 0.3 is 0 Å². The van der Waals surface area contributed by atoms with Crippen LogP contribution in [0.5, 0.6) is 0 Å². The zero-order valence-electron chi connectivity index (χ0n) is 13.5. The summed E-state index contributed by atoms with van der Waals surface area (Å²) in [6.45, 7) is 0. The van der Waals surface area contributed by atoms with Gasteiger partial charge < -0.3 is 5.32 Å². The SMILES string of the molecule is O=C(N[C@H](c1ccc(Cl)cc1)c1cccnc1)C1[C@H]2CCCC[C@H]12. The number of rotatable bonds is 4. The molecule has 0 saturated heterocycles. The fraction of sp³-hybridized carbons (Fsp3) is 0.400. The number of benzene rings is 1. The Labute approximate surface area is 147 Å². The molecule has 0 bridgehead atoms. The van der Waals surface area contributed by atoms with Crippen LogP contribution in [-0.2, 0) is 4.79 Å². The molecule has 2 aliphatic rings. The molecule has 124 valence electrons. The average Bonchev–Trinajstić information content (AvgIpc) is 3.36. The van der Waals surface area contributed by atoms with Gasteiger partial charge in [-0.15, -0.1) is 0 Å². The molecule has 4 rings (SSSR count). The first kappa shape index (κ1) is 15.6. The summed E-state index contributed by atoms with van der Waals surface area (Å²) in [6, 6.07) is 11.4. The minimum Gasteiger partial charge on any atom is -0.345 e. The zero-order valence-corrected chi connectivity index (χ0v) is 14.2. The van der Waals surface area contributed by atoms with E-state index >= 15 is 0 Å². The van der Waals surface area contributed by atoms with Crippen molar-refractivity contribution >= 4 is 17.5 Å². The minimum atomic E-state index is -0.175. The lowest BCUT2D eigenvalue weighted by Gasteiger charge is -2.20.